The Labute approximate surface area is 153 Å². The maximum Gasteiger partial charge on any atom is 0.195 e. The summed E-state index contributed by atoms with van der Waals surface area (Å²) < 4.78 is 2.20. The number of hydrogen-bond acceptors (Lipinski definition) is 1. The van der Waals surface area contributed by atoms with E-state index in [1.54, 1.807) is 0 Å². The zero-order chi connectivity index (χ0) is 17.9. The first kappa shape index (κ1) is 16.3. The van der Waals surface area contributed by atoms with Crippen LogP contribution in [0, 0.1) is 6.92 Å². The summed E-state index contributed by atoms with van der Waals surface area (Å²) in [5, 5.41) is 1.02. The van der Waals surface area contributed by atoms with Gasteiger partial charge in [-0.2, -0.15) is 0 Å². The van der Waals surface area contributed by atoms with Crippen LogP contribution in [0.4, 0.5) is 0 Å². The lowest BCUT2D eigenvalue weighted by Crippen LogP contribution is -2.03. The van der Waals surface area contributed by atoms with Crippen LogP contribution >= 0.6 is 0 Å². The van der Waals surface area contributed by atoms with Gasteiger partial charge in [0.15, 0.2) is 5.78 Å². The number of fused-ring (bicyclic) bond motifs is 1. The minimum atomic E-state index is 0.0951. The van der Waals surface area contributed by atoms with Crippen LogP contribution in [0.25, 0.3) is 10.9 Å². The molecule has 4 rings (SSSR count). The topological polar surface area (TPSA) is 22.0 Å². The Balaban J connectivity index is 1.72. The van der Waals surface area contributed by atoms with E-state index in [0.29, 0.717) is 0 Å². The van der Waals surface area contributed by atoms with Crippen molar-refractivity contribution in [2.45, 2.75) is 19.9 Å². The molecular formula is C24H21NO. The van der Waals surface area contributed by atoms with Crippen LogP contribution in [0.2, 0.25) is 0 Å². The highest BCUT2D eigenvalue weighted by atomic mass is 16.1. The molecule has 2 nitrogen and oxygen atoms in total. The molecule has 0 atom stereocenters. The molecule has 4 aromatic rings. The number of para-hydroxylation sites is 1. The molecule has 0 amide bonds. The number of benzene rings is 3. The SMILES string of the molecule is Cc1ccccc1C(=O)c1cn(CCc2ccccc2)c2ccccc12. The summed E-state index contributed by atoms with van der Waals surface area (Å²) in [5.41, 5.74) is 4.98. The predicted molar refractivity (Wildman–Crippen MR) is 107 cm³/mol. The fourth-order valence-corrected chi connectivity index (χ4v) is 3.48. The molecule has 0 aliphatic rings. The first-order valence-electron chi connectivity index (χ1n) is 8.96. The number of aryl methyl sites for hydroxylation is 3. The van der Waals surface area contributed by atoms with Gasteiger partial charge in [0.1, 0.15) is 0 Å². The molecule has 0 bridgehead atoms. The Hall–Kier alpha value is -3.13. The van der Waals surface area contributed by atoms with Crippen LogP contribution in [0.3, 0.4) is 0 Å². The molecule has 0 radical (unpaired) electrons. The Morgan fingerprint density at radius 2 is 1.50 bits per heavy atom. The molecule has 0 fully saturated rings. The third kappa shape index (κ3) is 3.06. The smallest absolute Gasteiger partial charge is 0.195 e. The van der Waals surface area contributed by atoms with E-state index in [2.05, 4.69) is 34.9 Å². The van der Waals surface area contributed by atoms with Gasteiger partial charge in [0.05, 0.1) is 0 Å². The van der Waals surface area contributed by atoms with Crippen molar-refractivity contribution in [1.29, 1.82) is 0 Å². The number of hydrogen-bond donors (Lipinski definition) is 0. The van der Waals surface area contributed by atoms with Gasteiger partial charge in [-0.25, -0.2) is 0 Å². The monoisotopic (exact) mass is 339 g/mol. The summed E-state index contributed by atoms with van der Waals surface area (Å²) in [5.74, 6) is 0.0951. The van der Waals surface area contributed by atoms with E-state index >= 15 is 0 Å². The van der Waals surface area contributed by atoms with Crippen molar-refractivity contribution in [2.24, 2.45) is 0 Å². The van der Waals surface area contributed by atoms with Crippen LogP contribution in [-0.4, -0.2) is 10.4 Å². The minimum Gasteiger partial charge on any atom is -0.346 e. The van der Waals surface area contributed by atoms with Gasteiger partial charge in [-0.15, -0.1) is 0 Å². The van der Waals surface area contributed by atoms with E-state index in [-0.39, 0.29) is 5.78 Å². The molecule has 1 aromatic heterocycles. The largest absolute Gasteiger partial charge is 0.346 e. The standard InChI is InChI=1S/C24H21NO/c1-18-9-5-6-12-20(18)24(26)22-17-25(23-14-8-7-13-21(22)23)16-15-19-10-3-2-4-11-19/h2-14,17H,15-16H2,1H3. The van der Waals surface area contributed by atoms with Crippen LogP contribution in [0.1, 0.15) is 27.0 Å². The number of aromatic nitrogens is 1. The van der Waals surface area contributed by atoms with Crippen molar-refractivity contribution in [2.75, 3.05) is 0 Å². The lowest BCUT2D eigenvalue weighted by atomic mass is 9.99. The highest BCUT2D eigenvalue weighted by Crippen LogP contribution is 2.25. The summed E-state index contributed by atoms with van der Waals surface area (Å²) in [6.45, 7) is 2.84. The number of carbonyl (C=O) groups is 1. The molecule has 3 aromatic carbocycles. The molecular weight excluding hydrogens is 318 g/mol. The molecule has 0 saturated heterocycles. The first-order valence-corrected chi connectivity index (χ1v) is 8.96. The second-order valence-electron chi connectivity index (χ2n) is 6.63. The van der Waals surface area contributed by atoms with Crippen LogP contribution in [0.5, 0.6) is 0 Å². The van der Waals surface area contributed by atoms with Crippen molar-refractivity contribution in [1.82, 2.24) is 4.57 Å². The van der Waals surface area contributed by atoms with Crippen molar-refractivity contribution in [3.8, 4) is 0 Å². The average molecular weight is 339 g/mol. The van der Waals surface area contributed by atoms with Gasteiger partial charge in [0.2, 0.25) is 0 Å². The highest BCUT2D eigenvalue weighted by Gasteiger charge is 2.17. The zero-order valence-electron chi connectivity index (χ0n) is 14.9. The molecule has 0 spiro atoms. The quantitative estimate of drug-likeness (QED) is 0.445. The molecule has 0 aliphatic heterocycles. The summed E-state index contributed by atoms with van der Waals surface area (Å²) in [7, 11) is 0. The Bertz CT molecular complexity index is 1060. The van der Waals surface area contributed by atoms with Crippen LogP contribution < -0.4 is 0 Å². The van der Waals surface area contributed by atoms with Crippen molar-refractivity contribution >= 4 is 16.7 Å². The number of carbonyl (C=O) groups excluding carboxylic acids is 1. The molecule has 0 unspecified atom stereocenters. The molecule has 0 saturated carbocycles. The predicted octanol–water partition coefficient (Wildman–Crippen LogP) is 5.42. The van der Waals surface area contributed by atoms with E-state index in [9.17, 15) is 4.79 Å². The molecule has 0 N–H and O–H groups in total. The molecule has 128 valence electrons. The van der Waals surface area contributed by atoms with E-state index in [1.165, 1.54) is 5.56 Å². The molecule has 26 heavy (non-hydrogen) atoms. The Morgan fingerprint density at radius 1 is 0.808 bits per heavy atom. The number of nitrogens with zero attached hydrogens (tertiary/aromatic N) is 1. The number of rotatable bonds is 5. The van der Waals surface area contributed by atoms with Gasteiger partial charge in [-0.3, -0.25) is 4.79 Å². The fourth-order valence-electron chi connectivity index (χ4n) is 3.48. The third-order valence-electron chi connectivity index (χ3n) is 4.91. The zero-order valence-corrected chi connectivity index (χ0v) is 14.9. The second-order valence-corrected chi connectivity index (χ2v) is 6.63. The van der Waals surface area contributed by atoms with Gasteiger partial charge >= 0.3 is 0 Å². The van der Waals surface area contributed by atoms with Gasteiger partial charge < -0.3 is 4.57 Å². The second kappa shape index (κ2) is 7.01. The maximum atomic E-state index is 13.2. The fraction of sp³-hybridized carbons (Fsp3) is 0.125. The van der Waals surface area contributed by atoms with Gasteiger partial charge in [0.25, 0.3) is 0 Å². The third-order valence-corrected chi connectivity index (χ3v) is 4.91. The molecule has 1 heterocycles. The van der Waals surface area contributed by atoms with Gasteiger partial charge in [0, 0.05) is 34.8 Å². The van der Waals surface area contributed by atoms with Crippen molar-refractivity contribution in [3.05, 3.63) is 107 Å². The summed E-state index contributed by atoms with van der Waals surface area (Å²) >= 11 is 0. The normalized spacial score (nSPS) is 11.0. The minimum absolute atomic E-state index is 0.0951. The van der Waals surface area contributed by atoms with Gasteiger partial charge in [-0.05, 0) is 30.5 Å². The van der Waals surface area contributed by atoms with Crippen LogP contribution in [0.15, 0.2) is 85.1 Å². The summed E-state index contributed by atoms with van der Waals surface area (Å²) in [6.07, 6.45) is 2.96. The summed E-state index contributed by atoms with van der Waals surface area (Å²) in [4.78, 5) is 13.2. The molecule has 0 aliphatic carbocycles. The Morgan fingerprint density at radius 3 is 2.31 bits per heavy atom. The maximum absolute atomic E-state index is 13.2. The van der Waals surface area contributed by atoms with E-state index in [4.69, 9.17) is 0 Å². The van der Waals surface area contributed by atoms with Gasteiger partial charge in [-0.1, -0.05) is 72.8 Å². The number of ketones is 1. The van der Waals surface area contributed by atoms with E-state index < -0.39 is 0 Å². The first-order chi connectivity index (χ1) is 12.7. The highest BCUT2D eigenvalue weighted by molar-refractivity contribution is 6.17. The molecule has 2 heteroatoms. The lowest BCUT2D eigenvalue weighted by Gasteiger charge is -2.05. The average Bonchev–Trinajstić information content (AvgIpc) is 3.06. The summed E-state index contributed by atoms with van der Waals surface area (Å²) in [6, 6.07) is 26.4. The van der Waals surface area contributed by atoms with Crippen LogP contribution in [-0.2, 0) is 13.0 Å². The lowest BCUT2D eigenvalue weighted by molar-refractivity contribution is 0.103. The van der Waals surface area contributed by atoms with Crippen molar-refractivity contribution < 1.29 is 4.79 Å². The Kier molecular flexibility index (Phi) is 4.40. The van der Waals surface area contributed by atoms with Crippen molar-refractivity contribution in [3.63, 3.8) is 0 Å². The van der Waals surface area contributed by atoms with E-state index in [1.807, 2.05) is 61.7 Å². The van der Waals surface area contributed by atoms with E-state index in [0.717, 1.165) is 40.6 Å².